The molecule has 0 heterocycles. The number of rotatable bonds is 6. The number of carbonyl (C=O) groups excluding carboxylic acids is 1. The second kappa shape index (κ2) is 5.61. The van der Waals surface area contributed by atoms with Gasteiger partial charge in [-0.2, -0.15) is 0 Å². The molecule has 1 aliphatic carbocycles. The summed E-state index contributed by atoms with van der Waals surface area (Å²) in [4.78, 5) is 12.1. The molecule has 0 radical (unpaired) electrons. The van der Waals surface area contributed by atoms with E-state index in [1.165, 1.54) is 12.8 Å². The molecule has 2 rings (SSSR count). The van der Waals surface area contributed by atoms with Gasteiger partial charge in [-0.3, -0.25) is 4.79 Å². The van der Waals surface area contributed by atoms with Gasteiger partial charge in [-0.1, -0.05) is 11.6 Å². The number of hydrogen-bond donors (Lipinski definition) is 2. The van der Waals surface area contributed by atoms with E-state index in [9.17, 15) is 4.79 Å². The van der Waals surface area contributed by atoms with Crippen LogP contribution in [0.5, 0.6) is 0 Å². The van der Waals surface area contributed by atoms with Crippen LogP contribution < -0.4 is 11.1 Å². The first kappa shape index (κ1) is 13.9. The number of benzene rings is 1. The smallest absolute Gasteiger partial charge is 0.253 e. The molecule has 3 N–H and O–H groups in total. The number of aryl methyl sites for hydroxylation is 1. The molecular formula is C15H22N2O2. The lowest BCUT2D eigenvalue weighted by Gasteiger charge is -2.16. The van der Waals surface area contributed by atoms with Crippen LogP contribution in [0.25, 0.3) is 0 Å². The highest BCUT2D eigenvalue weighted by molar-refractivity contribution is 5.99. The number of ether oxygens (including phenoxy) is 1. The van der Waals surface area contributed by atoms with Crippen molar-refractivity contribution in [2.45, 2.75) is 26.2 Å². The van der Waals surface area contributed by atoms with Crippen LogP contribution in [0.15, 0.2) is 18.2 Å². The summed E-state index contributed by atoms with van der Waals surface area (Å²) in [5.41, 5.74) is 8.24. The standard InChI is InChI=1S/C15H22N2O2/c1-11-3-4-13(16)12(9-11)14(18)17-10-15(5-6-15)7-8-19-2/h3-4,9H,5-8,10,16H2,1-2H3,(H,17,18). The van der Waals surface area contributed by atoms with Crippen molar-refractivity contribution in [3.05, 3.63) is 29.3 Å². The second-order valence-electron chi connectivity index (χ2n) is 5.52. The normalized spacial score (nSPS) is 16.1. The number of methoxy groups -OCH3 is 1. The fourth-order valence-corrected chi connectivity index (χ4v) is 2.24. The van der Waals surface area contributed by atoms with Gasteiger partial charge >= 0.3 is 0 Å². The van der Waals surface area contributed by atoms with Gasteiger partial charge in [-0.15, -0.1) is 0 Å². The van der Waals surface area contributed by atoms with Crippen LogP contribution in [0.4, 0.5) is 5.69 Å². The Bertz CT molecular complexity index is 467. The molecule has 0 unspecified atom stereocenters. The third-order valence-corrected chi connectivity index (χ3v) is 3.87. The maximum atomic E-state index is 12.1. The van der Waals surface area contributed by atoms with E-state index in [2.05, 4.69) is 5.32 Å². The molecule has 1 aliphatic rings. The van der Waals surface area contributed by atoms with Gasteiger partial charge in [0, 0.05) is 25.9 Å². The molecule has 4 nitrogen and oxygen atoms in total. The molecule has 0 aliphatic heterocycles. The largest absolute Gasteiger partial charge is 0.398 e. The summed E-state index contributed by atoms with van der Waals surface area (Å²) in [6.07, 6.45) is 3.34. The number of nitrogen functional groups attached to an aromatic ring is 1. The van der Waals surface area contributed by atoms with Crippen LogP contribution in [0.2, 0.25) is 0 Å². The first-order valence-corrected chi connectivity index (χ1v) is 6.70. The molecule has 1 aromatic rings. The first-order valence-electron chi connectivity index (χ1n) is 6.70. The van der Waals surface area contributed by atoms with Gasteiger partial charge < -0.3 is 15.8 Å². The highest BCUT2D eigenvalue weighted by Gasteiger charge is 2.42. The fourth-order valence-electron chi connectivity index (χ4n) is 2.24. The molecule has 104 valence electrons. The van der Waals surface area contributed by atoms with Crippen molar-refractivity contribution in [2.75, 3.05) is 26.0 Å². The predicted octanol–water partition coefficient (Wildman–Crippen LogP) is 2.12. The minimum atomic E-state index is -0.0788. The topological polar surface area (TPSA) is 64.3 Å². The molecule has 4 heteroatoms. The average molecular weight is 262 g/mol. The molecule has 1 saturated carbocycles. The highest BCUT2D eigenvalue weighted by Crippen LogP contribution is 2.48. The number of hydrogen-bond acceptors (Lipinski definition) is 3. The summed E-state index contributed by atoms with van der Waals surface area (Å²) < 4.78 is 5.11. The lowest BCUT2D eigenvalue weighted by atomic mass is 10.0. The van der Waals surface area contributed by atoms with Crippen LogP contribution in [-0.4, -0.2) is 26.2 Å². The number of carbonyl (C=O) groups is 1. The Balaban J connectivity index is 1.93. The quantitative estimate of drug-likeness (QED) is 0.772. The zero-order chi connectivity index (χ0) is 13.9. The first-order chi connectivity index (χ1) is 9.06. The van der Waals surface area contributed by atoms with Crippen molar-refractivity contribution >= 4 is 11.6 Å². The summed E-state index contributed by atoms with van der Waals surface area (Å²) >= 11 is 0. The maximum Gasteiger partial charge on any atom is 0.253 e. The third kappa shape index (κ3) is 3.47. The van der Waals surface area contributed by atoms with Crippen molar-refractivity contribution in [3.8, 4) is 0 Å². The Morgan fingerprint density at radius 1 is 1.47 bits per heavy atom. The Hall–Kier alpha value is -1.55. The van der Waals surface area contributed by atoms with Crippen molar-refractivity contribution in [1.82, 2.24) is 5.32 Å². The number of anilines is 1. The van der Waals surface area contributed by atoms with Gasteiger partial charge in [-0.25, -0.2) is 0 Å². The van der Waals surface area contributed by atoms with Crippen LogP contribution >= 0.6 is 0 Å². The molecular weight excluding hydrogens is 240 g/mol. The summed E-state index contributed by atoms with van der Waals surface area (Å²) in [5, 5.41) is 3.00. The Morgan fingerprint density at radius 2 is 2.21 bits per heavy atom. The third-order valence-electron chi connectivity index (χ3n) is 3.87. The van der Waals surface area contributed by atoms with Gasteiger partial charge in [0.2, 0.25) is 0 Å². The zero-order valence-corrected chi connectivity index (χ0v) is 11.7. The lowest BCUT2D eigenvalue weighted by Crippen LogP contribution is -2.31. The van der Waals surface area contributed by atoms with Crippen LogP contribution in [0.1, 0.15) is 35.2 Å². The van der Waals surface area contributed by atoms with E-state index < -0.39 is 0 Å². The van der Waals surface area contributed by atoms with Gasteiger partial charge in [-0.05, 0) is 43.7 Å². The Morgan fingerprint density at radius 3 is 2.84 bits per heavy atom. The molecule has 19 heavy (non-hydrogen) atoms. The summed E-state index contributed by atoms with van der Waals surface area (Å²) in [6.45, 7) is 3.42. The highest BCUT2D eigenvalue weighted by atomic mass is 16.5. The van der Waals surface area contributed by atoms with E-state index in [0.29, 0.717) is 17.8 Å². The number of amides is 1. The van der Waals surface area contributed by atoms with Crippen LogP contribution in [0, 0.1) is 12.3 Å². The van der Waals surface area contributed by atoms with Gasteiger partial charge in [0.05, 0.1) is 5.56 Å². The zero-order valence-electron chi connectivity index (χ0n) is 11.7. The van der Waals surface area contributed by atoms with Gasteiger partial charge in [0.1, 0.15) is 0 Å². The predicted molar refractivity (Wildman–Crippen MR) is 76.1 cm³/mol. The molecule has 0 spiro atoms. The van der Waals surface area contributed by atoms with Crippen molar-refractivity contribution in [2.24, 2.45) is 5.41 Å². The SMILES string of the molecule is COCCC1(CNC(=O)c2cc(C)ccc2N)CC1. The van der Waals surface area contributed by atoms with Crippen molar-refractivity contribution < 1.29 is 9.53 Å². The molecule has 0 saturated heterocycles. The minimum absolute atomic E-state index is 0.0788. The van der Waals surface area contributed by atoms with E-state index in [1.54, 1.807) is 13.2 Å². The van der Waals surface area contributed by atoms with Crippen molar-refractivity contribution in [3.63, 3.8) is 0 Å². The number of nitrogens with two attached hydrogens (primary N) is 1. The van der Waals surface area contributed by atoms with Crippen molar-refractivity contribution in [1.29, 1.82) is 0 Å². The fraction of sp³-hybridized carbons (Fsp3) is 0.533. The van der Waals surface area contributed by atoms with E-state index in [-0.39, 0.29) is 11.3 Å². The van der Waals surface area contributed by atoms with E-state index in [1.807, 2.05) is 19.1 Å². The molecule has 1 fully saturated rings. The summed E-state index contributed by atoms with van der Waals surface area (Å²) in [6, 6.07) is 5.52. The monoisotopic (exact) mass is 262 g/mol. The van der Waals surface area contributed by atoms with E-state index >= 15 is 0 Å². The Kier molecular flexibility index (Phi) is 4.10. The minimum Gasteiger partial charge on any atom is -0.398 e. The summed E-state index contributed by atoms with van der Waals surface area (Å²) in [7, 11) is 1.71. The Labute approximate surface area is 114 Å². The molecule has 0 aromatic heterocycles. The lowest BCUT2D eigenvalue weighted by molar-refractivity contribution is 0.0938. The van der Waals surface area contributed by atoms with Crippen LogP contribution in [0.3, 0.4) is 0 Å². The molecule has 1 amide bonds. The second-order valence-corrected chi connectivity index (χ2v) is 5.52. The van der Waals surface area contributed by atoms with E-state index in [4.69, 9.17) is 10.5 Å². The summed E-state index contributed by atoms with van der Waals surface area (Å²) in [5.74, 6) is -0.0788. The molecule has 0 atom stereocenters. The maximum absolute atomic E-state index is 12.1. The molecule has 1 aromatic carbocycles. The molecule has 0 bridgehead atoms. The number of nitrogens with one attached hydrogen (secondary N) is 1. The van der Waals surface area contributed by atoms with Crippen LogP contribution in [-0.2, 0) is 4.74 Å². The average Bonchev–Trinajstić information content (AvgIpc) is 3.17. The van der Waals surface area contributed by atoms with Gasteiger partial charge in [0.15, 0.2) is 0 Å². The van der Waals surface area contributed by atoms with E-state index in [0.717, 1.165) is 18.6 Å². The van der Waals surface area contributed by atoms with Gasteiger partial charge in [0.25, 0.3) is 5.91 Å².